The Bertz CT molecular complexity index is 1120. The van der Waals surface area contributed by atoms with E-state index in [4.69, 9.17) is 4.52 Å². The molecule has 0 N–H and O–H groups in total. The lowest BCUT2D eigenvalue weighted by Crippen LogP contribution is -2.42. The minimum absolute atomic E-state index is 0.0462. The molecule has 0 saturated carbocycles. The molecular formula is C27H25N3O2. The molecule has 5 rings (SSSR count). The standard InChI is InChI=1S/C27H25N3O2/c31-27(24(20-11-4-1-5-12-20)21-13-6-2-7-14-21)30-18-10-17-23(19-30)26-28-25(29-32-26)22-15-8-3-9-16-22/h1-9,11-16,23-24H,10,17-19H2. The van der Waals surface area contributed by atoms with Crippen molar-refractivity contribution in [2.45, 2.75) is 24.7 Å². The first-order valence-corrected chi connectivity index (χ1v) is 11.1. The molecule has 1 aliphatic rings. The highest BCUT2D eigenvalue weighted by atomic mass is 16.5. The molecule has 160 valence electrons. The molecule has 5 nitrogen and oxygen atoms in total. The lowest BCUT2D eigenvalue weighted by molar-refractivity contribution is -0.133. The summed E-state index contributed by atoms with van der Waals surface area (Å²) in [4.78, 5) is 20.4. The SMILES string of the molecule is O=C(C(c1ccccc1)c1ccccc1)N1CCCC(c2nc(-c3ccccc3)no2)C1. The minimum Gasteiger partial charge on any atom is -0.341 e. The van der Waals surface area contributed by atoms with Crippen LogP contribution in [0, 0.1) is 0 Å². The molecule has 0 spiro atoms. The molecule has 4 aromatic rings. The summed E-state index contributed by atoms with van der Waals surface area (Å²) in [6.07, 6.45) is 1.84. The van der Waals surface area contributed by atoms with Crippen LogP contribution in [0.2, 0.25) is 0 Å². The highest BCUT2D eigenvalue weighted by molar-refractivity contribution is 5.87. The number of carbonyl (C=O) groups is 1. The van der Waals surface area contributed by atoms with E-state index < -0.39 is 0 Å². The van der Waals surface area contributed by atoms with Crippen molar-refractivity contribution in [3.63, 3.8) is 0 Å². The monoisotopic (exact) mass is 423 g/mol. The second kappa shape index (κ2) is 9.18. The van der Waals surface area contributed by atoms with E-state index in [0.717, 1.165) is 36.1 Å². The predicted molar refractivity (Wildman–Crippen MR) is 123 cm³/mol. The number of amides is 1. The minimum atomic E-state index is -0.321. The van der Waals surface area contributed by atoms with Crippen LogP contribution in [-0.2, 0) is 4.79 Å². The van der Waals surface area contributed by atoms with Gasteiger partial charge >= 0.3 is 0 Å². The van der Waals surface area contributed by atoms with Gasteiger partial charge in [0.05, 0.1) is 11.8 Å². The van der Waals surface area contributed by atoms with E-state index in [1.54, 1.807) is 0 Å². The Morgan fingerprint density at radius 2 is 1.47 bits per heavy atom. The molecule has 1 saturated heterocycles. The zero-order valence-corrected chi connectivity index (χ0v) is 17.8. The van der Waals surface area contributed by atoms with E-state index in [-0.39, 0.29) is 17.7 Å². The van der Waals surface area contributed by atoms with Crippen LogP contribution in [0.4, 0.5) is 0 Å². The molecule has 2 heterocycles. The molecular weight excluding hydrogens is 398 g/mol. The Kier molecular flexibility index (Phi) is 5.79. The Hall–Kier alpha value is -3.73. The third-order valence-corrected chi connectivity index (χ3v) is 6.07. The number of likely N-dealkylation sites (tertiary alicyclic amines) is 1. The van der Waals surface area contributed by atoms with Crippen LogP contribution in [0.25, 0.3) is 11.4 Å². The van der Waals surface area contributed by atoms with Crippen molar-refractivity contribution in [3.05, 3.63) is 108 Å². The molecule has 1 amide bonds. The Morgan fingerprint density at radius 1 is 0.875 bits per heavy atom. The summed E-state index contributed by atoms with van der Waals surface area (Å²) in [6.45, 7) is 1.33. The van der Waals surface area contributed by atoms with Crippen LogP contribution >= 0.6 is 0 Å². The maximum absolute atomic E-state index is 13.8. The fourth-order valence-corrected chi connectivity index (χ4v) is 4.44. The van der Waals surface area contributed by atoms with Gasteiger partial charge in [0.15, 0.2) is 0 Å². The smallest absolute Gasteiger partial charge is 0.234 e. The molecule has 0 radical (unpaired) electrons. The molecule has 1 fully saturated rings. The molecule has 1 aromatic heterocycles. The van der Waals surface area contributed by atoms with Crippen molar-refractivity contribution < 1.29 is 9.32 Å². The average molecular weight is 424 g/mol. The van der Waals surface area contributed by atoms with Gasteiger partial charge in [0.1, 0.15) is 0 Å². The van der Waals surface area contributed by atoms with Gasteiger partial charge in [-0.05, 0) is 24.0 Å². The molecule has 32 heavy (non-hydrogen) atoms. The zero-order valence-electron chi connectivity index (χ0n) is 17.8. The number of benzene rings is 3. The fraction of sp³-hybridized carbons (Fsp3) is 0.222. The van der Waals surface area contributed by atoms with Crippen molar-refractivity contribution in [2.24, 2.45) is 0 Å². The van der Waals surface area contributed by atoms with Gasteiger partial charge in [0, 0.05) is 18.7 Å². The van der Waals surface area contributed by atoms with E-state index in [1.807, 2.05) is 95.9 Å². The van der Waals surface area contributed by atoms with Gasteiger partial charge in [-0.15, -0.1) is 0 Å². The summed E-state index contributed by atoms with van der Waals surface area (Å²) in [5.74, 6) is 1.05. The predicted octanol–water partition coefficient (Wildman–Crippen LogP) is 5.27. The van der Waals surface area contributed by atoms with Crippen LogP contribution in [0.1, 0.15) is 41.7 Å². The highest BCUT2D eigenvalue weighted by Crippen LogP contribution is 2.32. The summed E-state index contributed by atoms with van der Waals surface area (Å²) >= 11 is 0. The molecule has 3 aromatic carbocycles. The Balaban J connectivity index is 1.38. The van der Waals surface area contributed by atoms with Crippen molar-refractivity contribution >= 4 is 5.91 Å². The summed E-state index contributed by atoms with van der Waals surface area (Å²) in [6, 6.07) is 29.8. The van der Waals surface area contributed by atoms with Crippen LogP contribution in [-0.4, -0.2) is 34.0 Å². The number of hydrogen-bond acceptors (Lipinski definition) is 4. The first-order valence-electron chi connectivity index (χ1n) is 11.1. The van der Waals surface area contributed by atoms with Gasteiger partial charge in [-0.3, -0.25) is 4.79 Å². The molecule has 0 bridgehead atoms. The first-order chi connectivity index (χ1) is 15.8. The molecule has 1 unspecified atom stereocenters. The number of carbonyl (C=O) groups excluding carboxylic acids is 1. The summed E-state index contributed by atoms with van der Waals surface area (Å²) in [5, 5.41) is 4.17. The van der Waals surface area contributed by atoms with Crippen LogP contribution in [0.3, 0.4) is 0 Å². The van der Waals surface area contributed by atoms with Crippen LogP contribution in [0.15, 0.2) is 95.5 Å². The maximum Gasteiger partial charge on any atom is 0.234 e. The van der Waals surface area contributed by atoms with E-state index >= 15 is 0 Å². The van der Waals surface area contributed by atoms with Crippen molar-refractivity contribution in [3.8, 4) is 11.4 Å². The maximum atomic E-state index is 13.8. The third kappa shape index (κ3) is 4.19. The van der Waals surface area contributed by atoms with Crippen molar-refractivity contribution in [1.29, 1.82) is 0 Å². The van der Waals surface area contributed by atoms with Gasteiger partial charge in [-0.2, -0.15) is 4.98 Å². The average Bonchev–Trinajstić information content (AvgIpc) is 3.37. The molecule has 5 heteroatoms. The molecule has 1 atom stereocenters. The van der Waals surface area contributed by atoms with E-state index in [9.17, 15) is 4.79 Å². The van der Waals surface area contributed by atoms with Crippen LogP contribution < -0.4 is 0 Å². The normalized spacial score (nSPS) is 16.3. The lowest BCUT2D eigenvalue weighted by Gasteiger charge is -2.34. The third-order valence-electron chi connectivity index (χ3n) is 6.07. The quantitative estimate of drug-likeness (QED) is 0.438. The van der Waals surface area contributed by atoms with Gasteiger partial charge in [-0.25, -0.2) is 0 Å². The Morgan fingerprint density at radius 3 is 2.09 bits per heavy atom. The number of nitrogens with zero attached hydrogens (tertiary/aromatic N) is 3. The van der Waals surface area contributed by atoms with Gasteiger partial charge in [-0.1, -0.05) is 96.2 Å². The van der Waals surface area contributed by atoms with Crippen molar-refractivity contribution in [2.75, 3.05) is 13.1 Å². The second-order valence-electron chi connectivity index (χ2n) is 8.20. The highest BCUT2D eigenvalue weighted by Gasteiger charge is 2.33. The molecule has 0 aliphatic carbocycles. The zero-order chi connectivity index (χ0) is 21.8. The van der Waals surface area contributed by atoms with E-state index in [1.165, 1.54) is 0 Å². The number of rotatable bonds is 5. The largest absolute Gasteiger partial charge is 0.341 e. The van der Waals surface area contributed by atoms with Gasteiger partial charge < -0.3 is 9.42 Å². The summed E-state index contributed by atoms with van der Waals surface area (Å²) in [7, 11) is 0. The van der Waals surface area contributed by atoms with Crippen molar-refractivity contribution in [1.82, 2.24) is 15.0 Å². The van der Waals surface area contributed by atoms with Crippen LogP contribution in [0.5, 0.6) is 0 Å². The van der Waals surface area contributed by atoms with Gasteiger partial charge in [0.25, 0.3) is 0 Å². The second-order valence-corrected chi connectivity index (χ2v) is 8.20. The first kappa shape index (κ1) is 20.2. The lowest BCUT2D eigenvalue weighted by atomic mass is 9.88. The number of piperidine rings is 1. The number of aromatic nitrogens is 2. The summed E-state index contributed by atoms with van der Waals surface area (Å²) in [5.41, 5.74) is 2.95. The fourth-order valence-electron chi connectivity index (χ4n) is 4.44. The molecule has 1 aliphatic heterocycles. The topological polar surface area (TPSA) is 59.2 Å². The van der Waals surface area contributed by atoms with Gasteiger partial charge in [0.2, 0.25) is 17.6 Å². The van der Waals surface area contributed by atoms with E-state index in [0.29, 0.717) is 18.3 Å². The Labute approximate surface area is 187 Å². The summed E-state index contributed by atoms with van der Waals surface area (Å²) < 4.78 is 5.62. The van der Waals surface area contributed by atoms with E-state index in [2.05, 4.69) is 10.1 Å². The number of hydrogen-bond donors (Lipinski definition) is 0.